The van der Waals surface area contributed by atoms with Gasteiger partial charge in [0.2, 0.25) is 0 Å². The topological polar surface area (TPSA) is 50.8 Å². The Balaban J connectivity index is 1.12. The lowest BCUT2D eigenvalue weighted by Crippen LogP contribution is -2.38. The van der Waals surface area contributed by atoms with E-state index in [4.69, 9.17) is 9.47 Å². The first kappa shape index (κ1) is 24.3. The molecule has 5 rings (SSSR count). The maximum absolute atomic E-state index is 12.9. The van der Waals surface area contributed by atoms with E-state index in [1.807, 2.05) is 24.3 Å². The Bertz CT molecular complexity index is 980. The Kier molecular flexibility index (Phi) is 8.05. The Morgan fingerprint density at radius 1 is 1.09 bits per heavy atom. The second-order valence-electron chi connectivity index (χ2n) is 10.7. The summed E-state index contributed by atoms with van der Waals surface area (Å²) in [5, 5.41) is 3.26. The molecular weight excluding hydrogens is 436 g/mol. The van der Waals surface area contributed by atoms with Crippen LogP contribution in [0.3, 0.4) is 0 Å². The number of rotatable bonds is 11. The Hall–Kier alpha value is -2.37. The van der Waals surface area contributed by atoms with E-state index in [9.17, 15) is 4.79 Å². The summed E-state index contributed by atoms with van der Waals surface area (Å²) < 4.78 is 11.4. The number of hydrogen-bond donors (Lipinski definition) is 1. The summed E-state index contributed by atoms with van der Waals surface area (Å²) >= 11 is 0. The van der Waals surface area contributed by atoms with Crippen LogP contribution in [0.15, 0.2) is 42.5 Å². The molecule has 5 heteroatoms. The maximum atomic E-state index is 12.9. The molecule has 1 saturated carbocycles. The van der Waals surface area contributed by atoms with Gasteiger partial charge in [0.25, 0.3) is 5.91 Å². The first-order valence-corrected chi connectivity index (χ1v) is 13.6. The normalized spacial score (nSPS) is 21.7. The van der Waals surface area contributed by atoms with Gasteiger partial charge >= 0.3 is 0 Å². The van der Waals surface area contributed by atoms with Gasteiger partial charge in [0, 0.05) is 31.3 Å². The molecule has 0 aromatic heterocycles. The van der Waals surface area contributed by atoms with Gasteiger partial charge in [0.1, 0.15) is 12.4 Å². The largest absolute Gasteiger partial charge is 0.491 e. The van der Waals surface area contributed by atoms with Crippen molar-refractivity contribution < 1.29 is 14.3 Å². The van der Waals surface area contributed by atoms with Gasteiger partial charge in [-0.2, -0.15) is 0 Å². The van der Waals surface area contributed by atoms with Gasteiger partial charge in [0.15, 0.2) is 0 Å². The number of hydrogen-bond acceptors (Lipinski definition) is 4. The predicted octanol–water partition coefficient (Wildman–Crippen LogP) is 5.15. The van der Waals surface area contributed by atoms with E-state index in [0.29, 0.717) is 12.2 Å². The fourth-order valence-corrected chi connectivity index (χ4v) is 5.44. The fraction of sp³-hybridized carbons (Fsp3) is 0.567. The number of carbonyl (C=O) groups is 1. The van der Waals surface area contributed by atoms with Gasteiger partial charge in [-0.25, -0.2) is 0 Å². The zero-order valence-electron chi connectivity index (χ0n) is 21.1. The van der Waals surface area contributed by atoms with Crippen LogP contribution in [0.25, 0.3) is 0 Å². The third kappa shape index (κ3) is 6.86. The molecule has 35 heavy (non-hydrogen) atoms. The summed E-state index contributed by atoms with van der Waals surface area (Å²) in [7, 11) is 0. The lowest BCUT2D eigenvalue weighted by Gasteiger charge is -2.27. The second kappa shape index (κ2) is 11.6. The molecule has 1 amide bonds. The highest BCUT2D eigenvalue weighted by molar-refractivity contribution is 5.94. The van der Waals surface area contributed by atoms with E-state index in [0.717, 1.165) is 56.9 Å². The van der Waals surface area contributed by atoms with Gasteiger partial charge in [-0.3, -0.25) is 9.69 Å². The molecule has 2 aromatic carbocycles. The minimum absolute atomic E-state index is 0.00368. The van der Waals surface area contributed by atoms with Crippen LogP contribution in [-0.4, -0.2) is 49.3 Å². The number of ether oxygens (including phenoxy) is 2. The predicted molar refractivity (Wildman–Crippen MR) is 139 cm³/mol. The highest BCUT2D eigenvalue weighted by atomic mass is 16.5. The smallest absolute Gasteiger partial charge is 0.251 e. The standard InChI is InChI=1S/C30H40N2O3/c1-2-15-32(19-22-5-6-22)20-23-7-8-26-18-27(12-9-25(26)17-23)31-30(33)24-10-13-28(14-11-24)35-21-29-4-3-16-34-29/h7-8,10-11,13-14,17,22,27,29H,2-6,9,12,15-16,18-21H2,1H3,(H,31,33)/t27-,29-/m0/s1. The van der Waals surface area contributed by atoms with Gasteiger partial charge in [-0.15, -0.1) is 0 Å². The monoisotopic (exact) mass is 476 g/mol. The van der Waals surface area contributed by atoms with E-state index in [1.165, 1.54) is 49.0 Å². The molecule has 5 nitrogen and oxygen atoms in total. The maximum Gasteiger partial charge on any atom is 0.251 e. The van der Waals surface area contributed by atoms with E-state index in [2.05, 4.69) is 35.3 Å². The molecule has 2 fully saturated rings. The molecule has 0 unspecified atom stereocenters. The van der Waals surface area contributed by atoms with Gasteiger partial charge < -0.3 is 14.8 Å². The van der Waals surface area contributed by atoms with Gasteiger partial charge in [-0.1, -0.05) is 25.1 Å². The summed E-state index contributed by atoms with van der Waals surface area (Å²) in [6.45, 7) is 7.18. The van der Waals surface area contributed by atoms with Crippen molar-refractivity contribution in [2.24, 2.45) is 5.92 Å². The molecule has 0 radical (unpaired) electrons. The molecular formula is C30H40N2O3. The van der Waals surface area contributed by atoms with E-state index in [-0.39, 0.29) is 18.1 Å². The number of amides is 1. The van der Waals surface area contributed by atoms with Crippen LogP contribution in [-0.2, 0) is 24.1 Å². The molecule has 0 bridgehead atoms. The van der Waals surface area contributed by atoms with Crippen LogP contribution in [0.5, 0.6) is 5.75 Å². The van der Waals surface area contributed by atoms with Crippen molar-refractivity contribution in [1.82, 2.24) is 10.2 Å². The molecule has 2 aromatic rings. The minimum Gasteiger partial charge on any atom is -0.491 e. The SMILES string of the molecule is CCCN(Cc1ccc2c(c1)CC[C@H](NC(=O)c1ccc(OC[C@@H]3CCCO3)cc1)C2)CC1CC1. The van der Waals surface area contributed by atoms with Crippen molar-refractivity contribution in [3.63, 3.8) is 0 Å². The lowest BCUT2D eigenvalue weighted by molar-refractivity contribution is 0.0679. The number of nitrogens with zero attached hydrogens (tertiary/aromatic N) is 1. The number of aryl methyl sites for hydroxylation is 1. The first-order valence-electron chi connectivity index (χ1n) is 13.6. The summed E-state index contributed by atoms with van der Waals surface area (Å²) in [6.07, 6.45) is 9.32. The molecule has 3 aliphatic rings. The summed E-state index contributed by atoms with van der Waals surface area (Å²) in [5.41, 5.74) is 4.96. The van der Waals surface area contributed by atoms with Crippen molar-refractivity contribution in [1.29, 1.82) is 0 Å². The van der Waals surface area contributed by atoms with E-state index < -0.39 is 0 Å². The van der Waals surface area contributed by atoms with E-state index >= 15 is 0 Å². The Morgan fingerprint density at radius 2 is 1.94 bits per heavy atom. The first-order chi connectivity index (χ1) is 17.2. The molecule has 1 aliphatic heterocycles. The molecule has 1 N–H and O–H groups in total. The Labute approximate surface area is 210 Å². The van der Waals surface area contributed by atoms with Crippen molar-refractivity contribution in [2.45, 2.75) is 77.0 Å². The summed E-state index contributed by atoms with van der Waals surface area (Å²) in [4.78, 5) is 15.5. The van der Waals surface area contributed by atoms with E-state index in [1.54, 1.807) is 0 Å². The lowest BCUT2D eigenvalue weighted by atomic mass is 9.87. The minimum atomic E-state index is -0.00368. The third-order valence-corrected chi connectivity index (χ3v) is 7.57. The van der Waals surface area contributed by atoms with Crippen molar-refractivity contribution in [3.8, 4) is 5.75 Å². The van der Waals surface area contributed by atoms with Crippen LogP contribution in [0.2, 0.25) is 0 Å². The third-order valence-electron chi connectivity index (χ3n) is 7.57. The van der Waals surface area contributed by atoms with Gasteiger partial charge in [-0.05, 0) is 105 Å². The molecule has 0 spiro atoms. The Morgan fingerprint density at radius 3 is 2.69 bits per heavy atom. The highest BCUT2D eigenvalue weighted by Crippen LogP contribution is 2.30. The van der Waals surface area contributed by atoms with Crippen molar-refractivity contribution >= 4 is 5.91 Å². The van der Waals surface area contributed by atoms with Crippen LogP contribution in [0.4, 0.5) is 0 Å². The molecule has 2 aliphatic carbocycles. The molecule has 1 saturated heterocycles. The number of nitrogens with one attached hydrogen (secondary N) is 1. The fourth-order valence-electron chi connectivity index (χ4n) is 5.44. The molecule has 2 atom stereocenters. The zero-order chi connectivity index (χ0) is 24.0. The number of carbonyl (C=O) groups excluding carboxylic acids is 1. The van der Waals surface area contributed by atoms with Gasteiger partial charge in [0.05, 0.1) is 6.10 Å². The number of fused-ring (bicyclic) bond motifs is 1. The summed E-state index contributed by atoms with van der Waals surface area (Å²) in [5.74, 6) is 1.71. The van der Waals surface area contributed by atoms with Crippen LogP contribution in [0, 0.1) is 5.92 Å². The van der Waals surface area contributed by atoms with Crippen LogP contribution >= 0.6 is 0 Å². The zero-order valence-corrected chi connectivity index (χ0v) is 21.1. The molecule has 188 valence electrons. The van der Waals surface area contributed by atoms with Crippen LogP contribution < -0.4 is 10.1 Å². The number of benzene rings is 2. The summed E-state index contributed by atoms with van der Waals surface area (Å²) in [6, 6.07) is 14.7. The highest BCUT2D eigenvalue weighted by Gasteiger charge is 2.25. The van der Waals surface area contributed by atoms with Crippen LogP contribution in [0.1, 0.15) is 72.5 Å². The average molecular weight is 477 g/mol. The van der Waals surface area contributed by atoms with Crippen molar-refractivity contribution in [2.75, 3.05) is 26.3 Å². The quantitative estimate of drug-likeness (QED) is 0.487. The van der Waals surface area contributed by atoms with Crippen molar-refractivity contribution in [3.05, 3.63) is 64.7 Å². The molecule has 1 heterocycles. The average Bonchev–Trinajstić information content (AvgIpc) is 3.53. The second-order valence-corrected chi connectivity index (χ2v) is 10.7.